The molecular formula is C11H18N8O. The summed E-state index contributed by atoms with van der Waals surface area (Å²) in [5, 5.41) is 7.33. The van der Waals surface area contributed by atoms with E-state index in [1.54, 1.807) is 0 Å². The van der Waals surface area contributed by atoms with Crippen molar-refractivity contribution >= 4 is 17.7 Å². The summed E-state index contributed by atoms with van der Waals surface area (Å²) in [4.78, 5) is 12.2. The lowest BCUT2D eigenvalue weighted by atomic mass is 10.4. The van der Waals surface area contributed by atoms with Crippen LogP contribution in [0.3, 0.4) is 0 Å². The minimum absolute atomic E-state index is 0.196. The van der Waals surface area contributed by atoms with Crippen LogP contribution in [0.25, 0.3) is 0 Å². The summed E-state index contributed by atoms with van der Waals surface area (Å²) < 4.78 is 7.08. The maximum atomic E-state index is 5.32. The van der Waals surface area contributed by atoms with E-state index in [1.165, 1.54) is 0 Å². The smallest absolute Gasteiger partial charge is 0.323 e. The Morgan fingerprint density at radius 2 is 2.05 bits per heavy atom. The van der Waals surface area contributed by atoms with Gasteiger partial charge in [0.1, 0.15) is 0 Å². The summed E-state index contributed by atoms with van der Waals surface area (Å²) >= 11 is 0. The zero-order valence-electron chi connectivity index (χ0n) is 11.7. The van der Waals surface area contributed by atoms with E-state index in [1.807, 2.05) is 37.7 Å². The predicted octanol–water partition coefficient (Wildman–Crippen LogP) is 1.08. The Morgan fingerprint density at radius 3 is 2.65 bits per heavy atom. The number of nitrogen functional groups attached to an aromatic ring is 1. The third kappa shape index (κ3) is 3.32. The Kier molecular flexibility index (Phi) is 4.31. The van der Waals surface area contributed by atoms with E-state index >= 15 is 0 Å². The highest BCUT2D eigenvalue weighted by molar-refractivity contribution is 5.48. The molecule has 0 atom stereocenters. The maximum Gasteiger partial charge on any atom is 0.323 e. The first kappa shape index (κ1) is 14.0. The molecule has 2 aromatic rings. The van der Waals surface area contributed by atoms with Gasteiger partial charge in [-0.1, -0.05) is 0 Å². The molecular weight excluding hydrogens is 260 g/mol. The Bertz CT molecular complexity index is 567. The quantitative estimate of drug-likeness (QED) is 0.531. The largest absolute Gasteiger partial charge is 0.464 e. The minimum Gasteiger partial charge on any atom is -0.464 e. The lowest BCUT2D eigenvalue weighted by Crippen LogP contribution is -2.13. The molecule has 0 saturated carbocycles. The van der Waals surface area contributed by atoms with Crippen molar-refractivity contribution in [2.75, 3.05) is 17.3 Å². The summed E-state index contributed by atoms with van der Waals surface area (Å²) in [6, 6.07) is 2.31. The summed E-state index contributed by atoms with van der Waals surface area (Å²) in [7, 11) is 0. The van der Waals surface area contributed by atoms with Crippen LogP contribution in [-0.2, 0) is 0 Å². The first-order chi connectivity index (χ1) is 9.62. The number of rotatable bonds is 6. The molecule has 0 unspecified atom stereocenters. The van der Waals surface area contributed by atoms with Crippen molar-refractivity contribution in [3.8, 4) is 6.01 Å². The highest BCUT2D eigenvalue weighted by Gasteiger charge is 2.08. The van der Waals surface area contributed by atoms with Crippen LogP contribution < -0.4 is 21.3 Å². The number of hydrogen-bond donors (Lipinski definition) is 3. The fraction of sp³-hybridized carbons (Fsp3) is 0.455. The fourth-order valence-corrected chi connectivity index (χ4v) is 1.48. The monoisotopic (exact) mass is 278 g/mol. The van der Waals surface area contributed by atoms with Crippen LogP contribution in [0.1, 0.15) is 26.8 Å². The van der Waals surface area contributed by atoms with Crippen LogP contribution >= 0.6 is 0 Å². The van der Waals surface area contributed by atoms with Crippen molar-refractivity contribution in [3.63, 3.8) is 0 Å². The molecule has 108 valence electrons. The van der Waals surface area contributed by atoms with E-state index in [0.717, 1.165) is 0 Å². The summed E-state index contributed by atoms with van der Waals surface area (Å²) in [6.45, 7) is 6.39. The average molecular weight is 278 g/mol. The molecule has 0 aliphatic heterocycles. The molecule has 0 aliphatic carbocycles. The highest BCUT2D eigenvalue weighted by atomic mass is 16.5. The van der Waals surface area contributed by atoms with Gasteiger partial charge in [-0.2, -0.15) is 20.1 Å². The van der Waals surface area contributed by atoms with Crippen LogP contribution in [0.2, 0.25) is 0 Å². The Morgan fingerprint density at radius 1 is 1.30 bits per heavy atom. The van der Waals surface area contributed by atoms with E-state index < -0.39 is 0 Å². The van der Waals surface area contributed by atoms with E-state index in [-0.39, 0.29) is 18.0 Å². The summed E-state index contributed by atoms with van der Waals surface area (Å²) in [5.41, 5.74) is 2.37. The molecule has 0 spiro atoms. The van der Waals surface area contributed by atoms with Crippen molar-refractivity contribution in [2.24, 2.45) is 5.84 Å². The second-order valence-corrected chi connectivity index (χ2v) is 4.24. The molecule has 2 aromatic heterocycles. The van der Waals surface area contributed by atoms with Gasteiger partial charge >= 0.3 is 6.01 Å². The molecule has 2 heterocycles. The van der Waals surface area contributed by atoms with Crippen molar-refractivity contribution in [3.05, 3.63) is 12.3 Å². The van der Waals surface area contributed by atoms with Gasteiger partial charge in [-0.05, 0) is 20.8 Å². The molecule has 0 aliphatic rings. The van der Waals surface area contributed by atoms with E-state index in [2.05, 4.69) is 30.8 Å². The molecule has 0 radical (unpaired) electrons. The molecule has 0 saturated heterocycles. The second-order valence-electron chi connectivity index (χ2n) is 4.24. The van der Waals surface area contributed by atoms with Gasteiger partial charge < -0.3 is 10.1 Å². The molecule has 9 heteroatoms. The number of hydrazine groups is 1. The molecule has 4 N–H and O–H groups in total. The van der Waals surface area contributed by atoms with Crippen LogP contribution in [0.5, 0.6) is 6.01 Å². The summed E-state index contributed by atoms with van der Waals surface area (Å²) in [5.74, 6) is 6.48. The van der Waals surface area contributed by atoms with Crippen molar-refractivity contribution in [1.82, 2.24) is 24.7 Å². The number of nitrogens with two attached hydrogens (primary N) is 1. The highest BCUT2D eigenvalue weighted by Crippen LogP contribution is 2.15. The minimum atomic E-state index is 0.196. The van der Waals surface area contributed by atoms with Gasteiger partial charge in [0.25, 0.3) is 0 Å². The van der Waals surface area contributed by atoms with Gasteiger partial charge in [0.2, 0.25) is 11.9 Å². The Balaban J connectivity index is 2.20. The third-order valence-corrected chi connectivity index (χ3v) is 2.39. The predicted molar refractivity (Wildman–Crippen MR) is 74.7 cm³/mol. The van der Waals surface area contributed by atoms with Gasteiger partial charge in [0, 0.05) is 18.3 Å². The van der Waals surface area contributed by atoms with E-state index in [9.17, 15) is 0 Å². The number of anilines is 3. The molecule has 0 fully saturated rings. The normalized spacial score (nSPS) is 10.7. The lowest BCUT2D eigenvalue weighted by molar-refractivity contribution is 0.312. The molecule has 0 aromatic carbocycles. The van der Waals surface area contributed by atoms with Crippen LogP contribution in [0, 0.1) is 0 Å². The fourth-order valence-electron chi connectivity index (χ4n) is 1.48. The van der Waals surface area contributed by atoms with Crippen molar-refractivity contribution in [1.29, 1.82) is 0 Å². The third-order valence-electron chi connectivity index (χ3n) is 2.39. The maximum absolute atomic E-state index is 5.32. The van der Waals surface area contributed by atoms with Crippen molar-refractivity contribution < 1.29 is 4.74 Å². The topological polar surface area (TPSA) is 116 Å². The first-order valence-corrected chi connectivity index (χ1v) is 6.30. The van der Waals surface area contributed by atoms with Gasteiger partial charge in [-0.15, -0.1) is 0 Å². The molecule has 9 nitrogen and oxygen atoms in total. The lowest BCUT2D eigenvalue weighted by Gasteiger charge is -2.07. The Labute approximate surface area is 116 Å². The summed E-state index contributed by atoms with van der Waals surface area (Å²) in [6.07, 6.45) is 1.87. The number of aromatic nitrogens is 5. The number of nitrogens with zero attached hydrogens (tertiary/aromatic N) is 5. The average Bonchev–Trinajstić information content (AvgIpc) is 2.87. The second kappa shape index (κ2) is 6.15. The van der Waals surface area contributed by atoms with E-state index in [0.29, 0.717) is 18.4 Å². The molecule has 20 heavy (non-hydrogen) atoms. The number of ether oxygens (including phenoxy) is 1. The van der Waals surface area contributed by atoms with E-state index in [4.69, 9.17) is 10.6 Å². The van der Waals surface area contributed by atoms with Crippen molar-refractivity contribution in [2.45, 2.75) is 26.8 Å². The standard InChI is InChI=1S/C11H18N8O/c1-4-20-11-15-9(14-10(16-11)17-12)13-8-5-6-19(18-8)7(2)3/h5-7H,4,12H2,1-3H3,(H2,13,14,15,16,17,18). The molecule has 2 rings (SSSR count). The SMILES string of the molecule is CCOc1nc(NN)nc(Nc2ccn(C(C)C)n2)n1. The zero-order valence-corrected chi connectivity index (χ0v) is 11.7. The first-order valence-electron chi connectivity index (χ1n) is 6.30. The van der Waals surface area contributed by atoms with Gasteiger partial charge in [-0.3, -0.25) is 10.1 Å². The molecule has 0 amide bonds. The number of nitrogens with one attached hydrogen (secondary N) is 2. The van der Waals surface area contributed by atoms with Gasteiger partial charge in [-0.25, -0.2) is 5.84 Å². The number of hydrogen-bond acceptors (Lipinski definition) is 8. The molecule has 0 bridgehead atoms. The Hall–Kier alpha value is -2.42. The van der Waals surface area contributed by atoms with Gasteiger partial charge in [0.05, 0.1) is 6.61 Å². The van der Waals surface area contributed by atoms with Crippen LogP contribution in [-0.4, -0.2) is 31.3 Å². The van der Waals surface area contributed by atoms with Crippen LogP contribution in [0.15, 0.2) is 12.3 Å². The zero-order chi connectivity index (χ0) is 14.5. The van der Waals surface area contributed by atoms with Gasteiger partial charge in [0.15, 0.2) is 5.82 Å². The van der Waals surface area contributed by atoms with Crippen LogP contribution in [0.4, 0.5) is 17.7 Å².